The first-order chi connectivity index (χ1) is 11.1. The van der Waals surface area contributed by atoms with Crippen molar-refractivity contribution in [2.45, 2.75) is 19.8 Å². The fourth-order valence-electron chi connectivity index (χ4n) is 2.70. The Morgan fingerprint density at radius 1 is 1.04 bits per heavy atom. The first-order valence-electron chi connectivity index (χ1n) is 7.66. The Morgan fingerprint density at radius 2 is 1.83 bits per heavy atom. The first kappa shape index (κ1) is 15.6. The molecule has 0 aromatic heterocycles. The Balaban J connectivity index is 1.70. The van der Waals surface area contributed by atoms with Crippen molar-refractivity contribution in [2.75, 3.05) is 5.32 Å². The van der Waals surface area contributed by atoms with Gasteiger partial charge in [-0.2, -0.15) is 0 Å². The van der Waals surface area contributed by atoms with E-state index < -0.39 is 0 Å². The number of fused-ring (bicyclic) bond motifs is 1. The van der Waals surface area contributed by atoms with Crippen LogP contribution in [0.25, 0.3) is 10.8 Å². The largest absolute Gasteiger partial charge is 0.326 e. The minimum Gasteiger partial charge on any atom is -0.326 e. The second-order valence-corrected chi connectivity index (χ2v) is 6.08. The number of carbonyl (C=O) groups is 1. The van der Waals surface area contributed by atoms with Crippen LogP contribution in [-0.2, 0) is 11.2 Å². The monoisotopic (exact) mass is 323 g/mol. The van der Waals surface area contributed by atoms with Gasteiger partial charge >= 0.3 is 0 Å². The minimum absolute atomic E-state index is 0.00306. The molecule has 0 atom stereocenters. The number of benzene rings is 3. The third kappa shape index (κ3) is 3.72. The maximum atomic E-state index is 12.2. The molecule has 116 valence electrons. The van der Waals surface area contributed by atoms with Crippen LogP contribution in [0.15, 0.2) is 60.7 Å². The summed E-state index contributed by atoms with van der Waals surface area (Å²) in [6, 6.07) is 20.0. The molecule has 1 amide bonds. The van der Waals surface area contributed by atoms with Gasteiger partial charge in [0.15, 0.2) is 0 Å². The van der Waals surface area contributed by atoms with Crippen LogP contribution in [0.1, 0.15) is 17.5 Å². The molecule has 3 heteroatoms. The van der Waals surface area contributed by atoms with Gasteiger partial charge in [0, 0.05) is 17.1 Å². The summed E-state index contributed by atoms with van der Waals surface area (Å²) >= 11 is 5.99. The Hall–Kier alpha value is -2.32. The summed E-state index contributed by atoms with van der Waals surface area (Å²) in [7, 11) is 0. The van der Waals surface area contributed by atoms with E-state index in [9.17, 15) is 4.79 Å². The molecule has 2 nitrogen and oxygen atoms in total. The predicted molar refractivity (Wildman–Crippen MR) is 97.1 cm³/mol. The van der Waals surface area contributed by atoms with Gasteiger partial charge < -0.3 is 5.32 Å². The van der Waals surface area contributed by atoms with E-state index in [2.05, 4.69) is 29.6 Å². The lowest BCUT2D eigenvalue weighted by atomic mass is 10.0. The molecule has 0 aliphatic rings. The van der Waals surface area contributed by atoms with Gasteiger partial charge in [-0.15, -0.1) is 0 Å². The lowest BCUT2D eigenvalue weighted by molar-refractivity contribution is -0.116. The van der Waals surface area contributed by atoms with Gasteiger partial charge in [-0.1, -0.05) is 60.1 Å². The highest BCUT2D eigenvalue weighted by molar-refractivity contribution is 6.31. The van der Waals surface area contributed by atoms with Crippen molar-refractivity contribution in [1.29, 1.82) is 0 Å². The van der Waals surface area contributed by atoms with Crippen molar-refractivity contribution in [3.8, 4) is 0 Å². The van der Waals surface area contributed by atoms with Gasteiger partial charge in [-0.25, -0.2) is 0 Å². The number of rotatable bonds is 4. The molecule has 0 saturated carbocycles. The van der Waals surface area contributed by atoms with Gasteiger partial charge in [-0.05, 0) is 47.4 Å². The summed E-state index contributed by atoms with van der Waals surface area (Å²) in [6.45, 7) is 1.96. The summed E-state index contributed by atoms with van der Waals surface area (Å²) in [5, 5.41) is 5.99. The van der Waals surface area contributed by atoms with E-state index in [-0.39, 0.29) is 5.91 Å². The maximum Gasteiger partial charge on any atom is 0.224 e. The van der Waals surface area contributed by atoms with Crippen LogP contribution in [0.3, 0.4) is 0 Å². The molecule has 0 unspecified atom stereocenters. The standard InChI is InChI=1S/C20H18ClNO/c1-14-9-11-17(21)13-19(14)22-20(23)12-10-16-7-4-6-15-5-2-3-8-18(15)16/h2-9,11,13H,10,12H2,1H3,(H,22,23). The zero-order valence-corrected chi connectivity index (χ0v) is 13.7. The Morgan fingerprint density at radius 3 is 2.70 bits per heavy atom. The third-order valence-electron chi connectivity index (χ3n) is 3.98. The summed E-state index contributed by atoms with van der Waals surface area (Å²) in [4.78, 5) is 12.2. The number of hydrogen-bond acceptors (Lipinski definition) is 1. The summed E-state index contributed by atoms with van der Waals surface area (Å²) in [6.07, 6.45) is 1.16. The van der Waals surface area contributed by atoms with Crippen molar-refractivity contribution in [1.82, 2.24) is 0 Å². The molecule has 23 heavy (non-hydrogen) atoms. The average Bonchev–Trinajstić information content (AvgIpc) is 2.56. The van der Waals surface area contributed by atoms with Gasteiger partial charge in [0.2, 0.25) is 5.91 Å². The van der Waals surface area contributed by atoms with Crippen LogP contribution in [0, 0.1) is 6.92 Å². The highest BCUT2D eigenvalue weighted by atomic mass is 35.5. The van der Waals surface area contributed by atoms with Crippen LogP contribution in [-0.4, -0.2) is 5.91 Å². The fraction of sp³-hybridized carbons (Fsp3) is 0.150. The SMILES string of the molecule is Cc1ccc(Cl)cc1NC(=O)CCc1cccc2ccccc12. The summed E-state index contributed by atoms with van der Waals surface area (Å²) in [5.41, 5.74) is 2.98. The second-order valence-electron chi connectivity index (χ2n) is 5.65. The normalized spacial score (nSPS) is 10.7. The molecule has 1 N–H and O–H groups in total. The topological polar surface area (TPSA) is 29.1 Å². The van der Waals surface area contributed by atoms with Crippen LogP contribution in [0.4, 0.5) is 5.69 Å². The van der Waals surface area contributed by atoms with Crippen molar-refractivity contribution in [3.63, 3.8) is 0 Å². The molecule has 0 aliphatic heterocycles. The molecule has 0 bridgehead atoms. The van der Waals surface area contributed by atoms with E-state index in [1.165, 1.54) is 16.3 Å². The predicted octanol–water partition coefficient (Wildman–Crippen LogP) is 5.37. The van der Waals surface area contributed by atoms with E-state index in [0.29, 0.717) is 17.9 Å². The van der Waals surface area contributed by atoms with Gasteiger partial charge in [0.1, 0.15) is 0 Å². The maximum absolute atomic E-state index is 12.2. The molecular formula is C20H18ClNO. The number of anilines is 1. The van der Waals surface area contributed by atoms with Crippen molar-refractivity contribution < 1.29 is 4.79 Å². The van der Waals surface area contributed by atoms with Gasteiger partial charge in [0.25, 0.3) is 0 Å². The number of nitrogens with one attached hydrogen (secondary N) is 1. The van der Waals surface area contributed by atoms with Crippen LogP contribution < -0.4 is 5.32 Å². The highest BCUT2D eigenvalue weighted by Crippen LogP contribution is 2.22. The van der Waals surface area contributed by atoms with Crippen LogP contribution in [0.5, 0.6) is 0 Å². The number of carbonyl (C=O) groups excluding carboxylic acids is 1. The molecule has 0 radical (unpaired) electrons. The lowest BCUT2D eigenvalue weighted by Gasteiger charge is -2.10. The summed E-state index contributed by atoms with van der Waals surface area (Å²) in [5.74, 6) is 0.00306. The van der Waals surface area contributed by atoms with Crippen molar-refractivity contribution in [3.05, 3.63) is 76.8 Å². The second kappa shape index (κ2) is 6.84. The molecule has 3 aromatic rings. The zero-order valence-electron chi connectivity index (χ0n) is 13.0. The molecule has 0 aliphatic carbocycles. The van der Waals surface area contributed by atoms with E-state index in [0.717, 1.165) is 11.3 Å². The van der Waals surface area contributed by atoms with Gasteiger partial charge in [-0.3, -0.25) is 4.79 Å². The Bertz CT molecular complexity index is 852. The third-order valence-corrected chi connectivity index (χ3v) is 4.21. The zero-order chi connectivity index (χ0) is 16.2. The number of halogens is 1. The van der Waals surface area contributed by atoms with E-state index in [1.54, 1.807) is 6.07 Å². The fourth-order valence-corrected chi connectivity index (χ4v) is 2.87. The van der Waals surface area contributed by atoms with E-state index in [1.807, 2.05) is 37.3 Å². The Labute approximate surface area is 141 Å². The number of hydrogen-bond donors (Lipinski definition) is 1. The lowest BCUT2D eigenvalue weighted by Crippen LogP contribution is -2.13. The first-order valence-corrected chi connectivity index (χ1v) is 8.04. The minimum atomic E-state index is 0.00306. The van der Waals surface area contributed by atoms with Crippen molar-refractivity contribution in [2.24, 2.45) is 0 Å². The Kier molecular flexibility index (Phi) is 4.63. The molecule has 3 aromatic carbocycles. The smallest absolute Gasteiger partial charge is 0.224 e. The molecular weight excluding hydrogens is 306 g/mol. The molecule has 3 rings (SSSR count). The molecule has 0 saturated heterocycles. The molecule has 0 heterocycles. The van der Waals surface area contributed by atoms with E-state index in [4.69, 9.17) is 11.6 Å². The number of amides is 1. The average molecular weight is 324 g/mol. The van der Waals surface area contributed by atoms with Crippen molar-refractivity contribution >= 4 is 34.0 Å². The summed E-state index contributed by atoms with van der Waals surface area (Å²) < 4.78 is 0. The number of aryl methyl sites for hydroxylation is 2. The molecule has 0 spiro atoms. The van der Waals surface area contributed by atoms with Crippen LogP contribution in [0.2, 0.25) is 5.02 Å². The van der Waals surface area contributed by atoms with E-state index >= 15 is 0 Å². The quantitative estimate of drug-likeness (QED) is 0.686. The molecule has 0 fully saturated rings. The highest BCUT2D eigenvalue weighted by Gasteiger charge is 2.07. The van der Waals surface area contributed by atoms with Gasteiger partial charge in [0.05, 0.1) is 0 Å². The van der Waals surface area contributed by atoms with Crippen LogP contribution >= 0.6 is 11.6 Å².